The summed E-state index contributed by atoms with van der Waals surface area (Å²) in [4.78, 5) is 0. The van der Waals surface area contributed by atoms with Gasteiger partial charge in [-0.2, -0.15) is 0 Å². The van der Waals surface area contributed by atoms with Gasteiger partial charge in [0.05, 0.1) is 0 Å². The predicted octanol–water partition coefficient (Wildman–Crippen LogP) is 4.64. The first kappa shape index (κ1) is 15.3. The van der Waals surface area contributed by atoms with E-state index in [4.69, 9.17) is 0 Å². The molecule has 106 valence electrons. The van der Waals surface area contributed by atoms with Crippen LogP contribution in [0.1, 0.15) is 31.2 Å². The van der Waals surface area contributed by atoms with Crippen molar-refractivity contribution in [2.24, 2.45) is 0 Å². The molecule has 2 aromatic rings. The van der Waals surface area contributed by atoms with E-state index >= 15 is 0 Å². The molecule has 0 atom stereocenters. The standard InChI is InChI=1S/C15H18BrN3S/c1-4-8-19-14(11(2)3)17-18-15(19)20-10-12-6-5-7-13(16)9-12/h4-7,9,11H,1,8,10H2,2-3H3. The quantitative estimate of drug-likeness (QED) is 0.560. The molecule has 0 N–H and O–H groups in total. The maximum absolute atomic E-state index is 4.31. The second kappa shape index (κ2) is 7.09. The molecule has 3 nitrogen and oxygen atoms in total. The molecule has 2 rings (SSSR count). The Kier molecular flexibility index (Phi) is 5.43. The van der Waals surface area contributed by atoms with Crippen molar-refractivity contribution in [2.45, 2.75) is 37.2 Å². The van der Waals surface area contributed by atoms with Crippen LogP contribution in [0.4, 0.5) is 0 Å². The summed E-state index contributed by atoms with van der Waals surface area (Å²) in [5.74, 6) is 2.26. The first-order valence-electron chi connectivity index (χ1n) is 6.53. The molecule has 0 aliphatic carbocycles. The fraction of sp³-hybridized carbons (Fsp3) is 0.333. The van der Waals surface area contributed by atoms with Crippen molar-refractivity contribution in [3.63, 3.8) is 0 Å². The van der Waals surface area contributed by atoms with Crippen LogP contribution in [0.15, 0.2) is 46.5 Å². The van der Waals surface area contributed by atoms with Crippen molar-refractivity contribution in [3.05, 3.63) is 52.8 Å². The van der Waals surface area contributed by atoms with Crippen LogP contribution in [0.25, 0.3) is 0 Å². The molecule has 0 unspecified atom stereocenters. The molecule has 0 amide bonds. The molecule has 0 saturated heterocycles. The molecule has 0 bridgehead atoms. The molecule has 0 radical (unpaired) electrons. The first-order valence-corrected chi connectivity index (χ1v) is 8.31. The number of halogens is 1. The summed E-state index contributed by atoms with van der Waals surface area (Å²) in [5, 5.41) is 9.56. The number of rotatable bonds is 6. The highest BCUT2D eigenvalue weighted by Gasteiger charge is 2.14. The maximum Gasteiger partial charge on any atom is 0.191 e. The molecule has 0 fully saturated rings. The first-order chi connectivity index (χ1) is 9.61. The zero-order chi connectivity index (χ0) is 14.5. The second-order valence-corrected chi connectivity index (χ2v) is 6.67. The number of hydrogen-bond acceptors (Lipinski definition) is 3. The Morgan fingerprint density at radius 1 is 1.40 bits per heavy atom. The van der Waals surface area contributed by atoms with Gasteiger partial charge >= 0.3 is 0 Å². The summed E-state index contributed by atoms with van der Waals surface area (Å²) in [7, 11) is 0. The van der Waals surface area contributed by atoms with Crippen LogP contribution >= 0.6 is 27.7 Å². The van der Waals surface area contributed by atoms with E-state index < -0.39 is 0 Å². The van der Waals surface area contributed by atoms with Crippen LogP contribution in [0.3, 0.4) is 0 Å². The van der Waals surface area contributed by atoms with Gasteiger partial charge < -0.3 is 4.57 Å². The van der Waals surface area contributed by atoms with Gasteiger partial charge in [0, 0.05) is 22.7 Å². The normalized spacial score (nSPS) is 11.0. The summed E-state index contributed by atoms with van der Waals surface area (Å²) in [6, 6.07) is 8.33. The van der Waals surface area contributed by atoms with Gasteiger partial charge in [-0.25, -0.2) is 0 Å². The van der Waals surface area contributed by atoms with E-state index in [-0.39, 0.29) is 0 Å². The number of thioether (sulfide) groups is 1. The summed E-state index contributed by atoms with van der Waals surface area (Å²) in [6.07, 6.45) is 1.89. The molecule has 0 aliphatic heterocycles. The minimum Gasteiger partial charge on any atom is -0.302 e. The molecule has 1 heterocycles. The fourth-order valence-electron chi connectivity index (χ4n) is 1.91. The molecule has 5 heteroatoms. The van der Waals surface area contributed by atoms with E-state index in [1.165, 1.54) is 5.56 Å². The fourth-order valence-corrected chi connectivity index (χ4v) is 3.25. The van der Waals surface area contributed by atoms with E-state index in [2.05, 4.69) is 63.3 Å². The van der Waals surface area contributed by atoms with Crippen LogP contribution in [-0.2, 0) is 12.3 Å². The third-order valence-electron chi connectivity index (χ3n) is 2.83. The second-order valence-electron chi connectivity index (χ2n) is 4.81. The smallest absolute Gasteiger partial charge is 0.191 e. The Labute approximate surface area is 132 Å². The average molecular weight is 352 g/mol. The number of aromatic nitrogens is 3. The summed E-state index contributed by atoms with van der Waals surface area (Å²) >= 11 is 5.20. The minimum atomic E-state index is 0.364. The van der Waals surface area contributed by atoms with Crippen molar-refractivity contribution in [1.29, 1.82) is 0 Å². The van der Waals surface area contributed by atoms with Gasteiger partial charge in [-0.15, -0.1) is 16.8 Å². The SMILES string of the molecule is C=CCn1c(SCc2cccc(Br)c2)nnc1C(C)C. The lowest BCUT2D eigenvalue weighted by atomic mass is 10.2. The molecular formula is C15H18BrN3S. The Balaban J connectivity index is 2.15. The highest BCUT2D eigenvalue weighted by Crippen LogP contribution is 2.25. The molecular weight excluding hydrogens is 334 g/mol. The van der Waals surface area contributed by atoms with Gasteiger partial charge in [-0.1, -0.05) is 59.7 Å². The maximum atomic E-state index is 4.31. The van der Waals surface area contributed by atoms with Gasteiger partial charge in [0.1, 0.15) is 5.82 Å². The van der Waals surface area contributed by atoms with Gasteiger partial charge in [0.25, 0.3) is 0 Å². The third-order valence-corrected chi connectivity index (χ3v) is 4.36. The van der Waals surface area contributed by atoms with Crippen molar-refractivity contribution < 1.29 is 0 Å². The Bertz CT molecular complexity index is 593. The van der Waals surface area contributed by atoms with Crippen molar-refractivity contribution in [1.82, 2.24) is 14.8 Å². The zero-order valence-electron chi connectivity index (χ0n) is 11.7. The van der Waals surface area contributed by atoms with E-state index in [0.717, 1.165) is 27.8 Å². The van der Waals surface area contributed by atoms with Gasteiger partial charge in [0.2, 0.25) is 0 Å². The lowest BCUT2D eigenvalue weighted by molar-refractivity contribution is 0.641. The number of nitrogens with zero attached hydrogens (tertiary/aromatic N) is 3. The lowest BCUT2D eigenvalue weighted by Crippen LogP contribution is -2.05. The predicted molar refractivity (Wildman–Crippen MR) is 88.0 cm³/mol. The van der Waals surface area contributed by atoms with E-state index in [0.29, 0.717) is 5.92 Å². The van der Waals surface area contributed by atoms with Crippen LogP contribution in [0.2, 0.25) is 0 Å². The molecule has 1 aromatic carbocycles. The monoisotopic (exact) mass is 351 g/mol. The highest BCUT2D eigenvalue weighted by molar-refractivity contribution is 9.10. The van der Waals surface area contributed by atoms with Crippen LogP contribution in [0.5, 0.6) is 0 Å². The van der Waals surface area contributed by atoms with Gasteiger partial charge in [0.15, 0.2) is 5.16 Å². The molecule has 0 aliphatic rings. The zero-order valence-corrected chi connectivity index (χ0v) is 14.1. The van der Waals surface area contributed by atoms with Crippen molar-refractivity contribution in [3.8, 4) is 0 Å². The topological polar surface area (TPSA) is 30.7 Å². The van der Waals surface area contributed by atoms with Crippen molar-refractivity contribution >= 4 is 27.7 Å². The van der Waals surface area contributed by atoms with E-state index in [9.17, 15) is 0 Å². The average Bonchev–Trinajstić information content (AvgIpc) is 2.80. The highest BCUT2D eigenvalue weighted by atomic mass is 79.9. The Morgan fingerprint density at radius 3 is 2.85 bits per heavy atom. The Hall–Kier alpha value is -1.07. The van der Waals surface area contributed by atoms with Crippen LogP contribution in [-0.4, -0.2) is 14.8 Å². The third kappa shape index (κ3) is 3.73. The number of allylic oxidation sites excluding steroid dienone is 1. The molecule has 1 aromatic heterocycles. The van der Waals surface area contributed by atoms with E-state index in [1.807, 2.05) is 18.2 Å². The molecule has 0 saturated carbocycles. The largest absolute Gasteiger partial charge is 0.302 e. The molecule has 0 spiro atoms. The lowest BCUT2D eigenvalue weighted by Gasteiger charge is -2.09. The van der Waals surface area contributed by atoms with Crippen LogP contribution < -0.4 is 0 Å². The van der Waals surface area contributed by atoms with Crippen molar-refractivity contribution in [2.75, 3.05) is 0 Å². The van der Waals surface area contributed by atoms with Gasteiger partial charge in [-0.3, -0.25) is 0 Å². The van der Waals surface area contributed by atoms with Gasteiger partial charge in [-0.05, 0) is 17.7 Å². The minimum absolute atomic E-state index is 0.364. The van der Waals surface area contributed by atoms with Crippen LogP contribution in [0, 0.1) is 0 Å². The number of benzene rings is 1. The molecule has 20 heavy (non-hydrogen) atoms. The van der Waals surface area contributed by atoms with E-state index in [1.54, 1.807) is 11.8 Å². The number of hydrogen-bond donors (Lipinski definition) is 0. The summed E-state index contributed by atoms with van der Waals surface area (Å²) < 4.78 is 3.24. The summed E-state index contributed by atoms with van der Waals surface area (Å²) in [6.45, 7) is 8.83. The Morgan fingerprint density at radius 2 is 2.20 bits per heavy atom. The summed E-state index contributed by atoms with van der Waals surface area (Å²) in [5.41, 5.74) is 1.27.